The molecule has 0 saturated carbocycles. The lowest BCUT2D eigenvalue weighted by Gasteiger charge is -2.39. The summed E-state index contributed by atoms with van der Waals surface area (Å²) in [5, 5.41) is 0. The Morgan fingerprint density at radius 1 is 0.500 bits per heavy atom. The Bertz CT molecular complexity index is 121. The second-order valence-electron chi connectivity index (χ2n) is 5.30. The van der Waals surface area contributed by atoms with E-state index >= 15 is 0 Å². The Balaban J connectivity index is 4.32. The van der Waals surface area contributed by atoms with Crippen LogP contribution in [-0.4, -0.2) is 30.7 Å². The minimum atomic E-state index is 1.34. The van der Waals surface area contributed by atoms with Gasteiger partial charge in [-0.1, -0.05) is 47.0 Å². The van der Waals surface area contributed by atoms with E-state index in [1.165, 1.54) is 75.6 Å². The summed E-state index contributed by atoms with van der Waals surface area (Å²) in [7, 11) is 0. The predicted molar refractivity (Wildman–Crippen MR) is 74.7 cm³/mol. The fourth-order valence-electron chi connectivity index (χ4n) is 2.63. The summed E-state index contributed by atoms with van der Waals surface area (Å²) in [4.78, 5) is 0. The van der Waals surface area contributed by atoms with Gasteiger partial charge in [-0.15, -0.1) is 0 Å². The van der Waals surface area contributed by atoms with Gasteiger partial charge >= 0.3 is 0 Å². The maximum Gasteiger partial charge on any atom is 0.0786 e. The highest BCUT2D eigenvalue weighted by molar-refractivity contribution is 4.48. The van der Waals surface area contributed by atoms with Gasteiger partial charge in [-0.3, -0.25) is 0 Å². The fraction of sp³-hybridized carbons (Fsp3) is 1.00. The zero-order valence-corrected chi connectivity index (χ0v) is 12.2. The van der Waals surface area contributed by atoms with Gasteiger partial charge in [-0.2, -0.15) is 0 Å². The zero-order valence-electron chi connectivity index (χ0n) is 12.2. The molecule has 98 valence electrons. The third-order valence-corrected chi connectivity index (χ3v) is 3.66. The first-order valence-electron chi connectivity index (χ1n) is 7.59. The summed E-state index contributed by atoms with van der Waals surface area (Å²) in [6.07, 6.45) is 9.62. The molecule has 0 bridgehead atoms. The van der Waals surface area contributed by atoms with Gasteiger partial charge in [0.15, 0.2) is 0 Å². The molecule has 0 N–H and O–H groups in total. The van der Waals surface area contributed by atoms with Crippen LogP contribution in [0.5, 0.6) is 0 Å². The van der Waals surface area contributed by atoms with Crippen molar-refractivity contribution in [2.24, 2.45) is 0 Å². The topological polar surface area (TPSA) is 0 Å². The average Bonchev–Trinajstić information content (AvgIpc) is 2.31. The fourth-order valence-corrected chi connectivity index (χ4v) is 2.63. The summed E-state index contributed by atoms with van der Waals surface area (Å²) < 4.78 is 1.41. The molecule has 0 radical (unpaired) electrons. The quantitative estimate of drug-likeness (QED) is 0.453. The molecule has 0 aromatic rings. The SMILES string of the molecule is CCCC[N+](CCC)(CCCC)CCCC. The molecule has 0 unspecified atom stereocenters. The third-order valence-electron chi connectivity index (χ3n) is 3.66. The van der Waals surface area contributed by atoms with Gasteiger partial charge in [0.25, 0.3) is 0 Å². The van der Waals surface area contributed by atoms with Crippen LogP contribution in [0.3, 0.4) is 0 Å². The molecule has 0 saturated heterocycles. The highest BCUT2D eigenvalue weighted by atomic mass is 15.3. The molecule has 0 rings (SSSR count). The van der Waals surface area contributed by atoms with E-state index in [2.05, 4.69) is 27.7 Å². The van der Waals surface area contributed by atoms with Gasteiger partial charge in [0.05, 0.1) is 26.2 Å². The van der Waals surface area contributed by atoms with Gasteiger partial charge < -0.3 is 4.48 Å². The largest absolute Gasteiger partial charge is 0.324 e. The molecule has 1 nitrogen and oxygen atoms in total. The van der Waals surface area contributed by atoms with Crippen molar-refractivity contribution in [3.8, 4) is 0 Å². The van der Waals surface area contributed by atoms with Gasteiger partial charge in [0.2, 0.25) is 0 Å². The normalized spacial score (nSPS) is 12.0. The molecule has 0 aliphatic rings. The number of hydrogen-bond acceptors (Lipinski definition) is 0. The lowest BCUT2D eigenvalue weighted by atomic mass is 10.1. The minimum absolute atomic E-state index is 1.34. The summed E-state index contributed by atoms with van der Waals surface area (Å²) in [5.74, 6) is 0. The van der Waals surface area contributed by atoms with Gasteiger partial charge in [0.1, 0.15) is 0 Å². The second kappa shape index (κ2) is 10.1. The average molecular weight is 228 g/mol. The highest BCUT2D eigenvalue weighted by Gasteiger charge is 2.24. The molecule has 1 heteroatoms. The zero-order chi connectivity index (χ0) is 12.3. The number of quaternary nitrogens is 1. The molecule has 0 aliphatic heterocycles. The Morgan fingerprint density at radius 3 is 1.12 bits per heavy atom. The van der Waals surface area contributed by atoms with E-state index in [9.17, 15) is 0 Å². The first-order valence-corrected chi connectivity index (χ1v) is 7.59. The molecule has 0 aromatic heterocycles. The molecule has 0 atom stereocenters. The highest BCUT2D eigenvalue weighted by Crippen LogP contribution is 2.15. The van der Waals surface area contributed by atoms with Crippen molar-refractivity contribution >= 4 is 0 Å². The van der Waals surface area contributed by atoms with Gasteiger partial charge in [-0.05, 0) is 25.7 Å². The van der Waals surface area contributed by atoms with Crippen LogP contribution in [0.25, 0.3) is 0 Å². The van der Waals surface area contributed by atoms with Crippen LogP contribution in [0.2, 0.25) is 0 Å². The van der Waals surface area contributed by atoms with Crippen molar-refractivity contribution in [3.63, 3.8) is 0 Å². The summed E-state index contributed by atoms with van der Waals surface area (Å²) in [6, 6.07) is 0. The van der Waals surface area contributed by atoms with Gasteiger partial charge in [-0.25, -0.2) is 0 Å². The lowest BCUT2D eigenvalue weighted by Crippen LogP contribution is -2.50. The van der Waals surface area contributed by atoms with E-state index in [0.717, 1.165) is 0 Å². The second-order valence-corrected chi connectivity index (χ2v) is 5.30. The van der Waals surface area contributed by atoms with Crippen LogP contribution >= 0.6 is 0 Å². The molecular formula is C15H34N+. The van der Waals surface area contributed by atoms with Crippen LogP contribution in [0, 0.1) is 0 Å². The van der Waals surface area contributed by atoms with Crippen molar-refractivity contribution < 1.29 is 4.48 Å². The maximum absolute atomic E-state index is 2.34. The summed E-state index contributed by atoms with van der Waals surface area (Å²) in [6.45, 7) is 15.0. The van der Waals surface area contributed by atoms with E-state index in [1.807, 2.05) is 0 Å². The molecule has 0 amide bonds. The van der Waals surface area contributed by atoms with Crippen molar-refractivity contribution in [1.29, 1.82) is 0 Å². The Hall–Kier alpha value is -0.0400. The molecule has 0 fully saturated rings. The molecule has 0 aliphatic carbocycles. The lowest BCUT2D eigenvalue weighted by molar-refractivity contribution is -0.928. The van der Waals surface area contributed by atoms with Crippen LogP contribution in [0.1, 0.15) is 72.6 Å². The Labute approximate surface area is 104 Å². The van der Waals surface area contributed by atoms with Crippen molar-refractivity contribution in [2.75, 3.05) is 26.2 Å². The molecule has 16 heavy (non-hydrogen) atoms. The first-order chi connectivity index (χ1) is 7.74. The molecule has 0 spiro atoms. The number of rotatable bonds is 11. The van der Waals surface area contributed by atoms with Crippen LogP contribution in [0.15, 0.2) is 0 Å². The van der Waals surface area contributed by atoms with E-state index in [0.29, 0.717) is 0 Å². The predicted octanol–water partition coefficient (Wildman–Crippen LogP) is 4.61. The number of unbranched alkanes of at least 4 members (excludes halogenated alkanes) is 3. The van der Waals surface area contributed by atoms with E-state index in [-0.39, 0.29) is 0 Å². The Morgan fingerprint density at radius 2 is 0.875 bits per heavy atom. The standard InChI is InChI=1S/C15H34N/c1-5-9-13-16(12-8-4,14-10-6-2)15-11-7-3/h5-15H2,1-4H3/q+1. The van der Waals surface area contributed by atoms with E-state index < -0.39 is 0 Å². The summed E-state index contributed by atoms with van der Waals surface area (Å²) >= 11 is 0. The molecule has 0 heterocycles. The third kappa shape index (κ3) is 6.52. The van der Waals surface area contributed by atoms with Crippen molar-refractivity contribution in [1.82, 2.24) is 0 Å². The number of nitrogens with zero attached hydrogens (tertiary/aromatic N) is 1. The maximum atomic E-state index is 2.34. The Kier molecular flexibility index (Phi) is 10.1. The van der Waals surface area contributed by atoms with Gasteiger partial charge in [0, 0.05) is 0 Å². The first kappa shape index (κ1) is 16.0. The van der Waals surface area contributed by atoms with Crippen molar-refractivity contribution in [3.05, 3.63) is 0 Å². The molecular weight excluding hydrogens is 194 g/mol. The number of hydrogen-bond donors (Lipinski definition) is 0. The summed E-state index contributed by atoms with van der Waals surface area (Å²) in [5.41, 5.74) is 0. The van der Waals surface area contributed by atoms with Crippen LogP contribution < -0.4 is 0 Å². The van der Waals surface area contributed by atoms with Crippen molar-refractivity contribution in [2.45, 2.75) is 72.6 Å². The monoisotopic (exact) mass is 228 g/mol. The minimum Gasteiger partial charge on any atom is -0.324 e. The van der Waals surface area contributed by atoms with Crippen LogP contribution in [0.4, 0.5) is 0 Å². The smallest absolute Gasteiger partial charge is 0.0786 e. The van der Waals surface area contributed by atoms with Crippen LogP contribution in [-0.2, 0) is 0 Å². The van der Waals surface area contributed by atoms with E-state index in [4.69, 9.17) is 0 Å². The van der Waals surface area contributed by atoms with E-state index in [1.54, 1.807) is 0 Å². The molecule has 0 aromatic carbocycles.